The van der Waals surface area contributed by atoms with Gasteiger partial charge in [0.15, 0.2) is 0 Å². The van der Waals surface area contributed by atoms with E-state index in [1.54, 1.807) is 0 Å². The summed E-state index contributed by atoms with van der Waals surface area (Å²) < 4.78 is 51.3. The standard InChI is InChI=1S/C11H7F4N3O/c12-5-1-2-6(7(3-5)11(13,14)15)10-17-8(16)4-9(19)18-10/h1-4H,(H3,16,17,18,19). The molecule has 1 aromatic carbocycles. The fraction of sp³-hybridized carbons (Fsp3) is 0.0909. The maximum absolute atomic E-state index is 12.9. The molecule has 2 aromatic rings. The zero-order chi connectivity index (χ0) is 14.2. The van der Waals surface area contributed by atoms with E-state index in [9.17, 15) is 22.4 Å². The highest BCUT2D eigenvalue weighted by atomic mass is 19.4. The zero-order valence-corrected chi connectivity index (χ0v) is 9.25. The van der Waals surface area contributed by atoms with E-state index in [2.05, 4.69) is 9.97 Å². The summed E-state index contributed by atoms with van der Waals surface area (Å²) in [5, 5.41) is 0. The number of hydrogen-bond acceptors (Lipinski definition) is 3. The number of nitrogens with one attached hydrogen (secondary N) is 1. The van der Waals surface area contributed by atoms with Gasteiger partial charge in [0, 0.05) is 11.6 Å². The number of aromatic nitrogens is 2. The Labute approximate surface area is 103 Å². The SMILES string of the molecule is Nc1cc(=O)[nH]c(-c2ccc(F)cc2C(F)(F)F)n1. The van der Waals surface area contributed by atoms with Crippen LogP contribution in [0.5, 0.6) is 0 Å². The van der Waals surface area contributed by atoms with Gasteiger partial charge in [-0.2, -0.15) is 13.2 Å². The van der Waals surface area contributed by atoms with E-state index >= 15 is 0 Å². The van der Waals surface area contributed by atoms with Crippen LogP contribution in [0, 0.1) is 5.82 Å². The predicted octanol–water partition coefficient (Wildman–Crippen LogP) is 2.18. The highest BCUT2D eigenvalue weighted by Gasteiger charge is 2.34. The first kappa shape index (κ1) is 13.1. The van der Waals surface area contributed by atoms with E-state index in [1.807, 2.05) is 0 Å². The summed E-state index contributed by atoms with van der Waals surface area (Å²) in [5.41, 5.74) is 2.92. The molecule has 19 heavy (non-hydrogen) atoms. The lowest BCUT2D eigenvalue weighted by Gasteiger charge is -2.12. The van der Waals surface area contributed by atoms with Crippen molar-refractivity contribution < 1.29 is 17.6 Å². The second-order valence-corrected chi connectivity index (χ2v) is 3.71. The molecule has 0 spiro atoms. The zero-order valence-electron chi connectivity index (χ0n) is 9.25. The van der Waals surface area contributed by atoms with Crippen LogP contribution in [0.4, 0.5) is 23.4 Å². The molecule has 0 atom stereocenters. The fourth-order valence-electron chi connectivity index (χ4n) is 1.56. The van der Waals surface area contributed by atoms with Gasteiger partial charge in [-0.25, -0.2) is 9.37 Å². The van der Waals surface area contributed by atoms with Crippen LogP contribution in [0.2, 0.25) is 0 Å². The molecule has 0 saturated heterocycles. The van der Waals surface area contributed by atoms with Crippen LogP contribution in [0.15, 0.2) is 29.1 Å². The van der Waals surface area contributed by atoms with Crippen molar-refractivity contribution in [1.82, 2.24) is 9.97 Å². The summed E-state index contributed by atoms with van der Waals surface area (Å²) in [6.45, 7) is 0. The van der Waals surface area contributed by atoms with Gasteiger partial charge in [-0.05, 0) is 18.2 Å². The number of alkyl halides is 3. The highest BCUT2D eigenvalue weighted by molar-refractivity contribution is 5.62. The molecule has 1 aromatic heterocycles. The van der Waals surface area contributed by atoms with E-state index in [-0.39, 0.29) is 11.6 Å². The van der Waals surface area contributed by atoms with Gasteiger partial charge < -0.3 is 10.7 Å². The molecule has 8 heteroatoms. The Morgan fingerprint density at radius 1 is 1.21 bits per heavy atom. The molecule has 100 valence electrons. The third-order valence-corrected chi connectivity index (χ3v) is 2.30. The molecule has 1 heterocycles. The monoisotopic (exact) mass is 273 g/mol. The van der Waals surface area contributed by atoms with Crippen molar-refractivity contribution in [3.8, 4) is 11.4 Å². The second kappa shape index (κ2) is 4.38. The Morgan fingerprint density at radius 3 is 2.47 bits per heavy atom. The molecule has 3 N–H and O–H groups in total. The van der Waals surface area contributed by atoms with Crippen LogP contribution < -0.4 is 11.3 Å². The van der Waals surface area contributed by atoms with E-state index in [0.29, 0.717) is 6.07 Å². The smallest absolute Gasteiger partial charge is 0.383 e. The van der Waals surface area contributed by atoms with Gasteiger partial charge in [-0.3, -0.25) is 4.79 Å². The molecular weight excluding hydrogens is 266 g/mol. The maximum atomic E-state index is 12.9. The van der Waals surface area contributed by atoms with Crippen LogP contribution in [-0.4, -0.2) is 9.97 Å². The number of anilines is 1. The second-order valence-electron chi connectivity index (χ2n) is 3.71. The van der Waals surface area contributed by atoms with Crippen molar-refractivity contribution in [1.29, 1.82) is 0 Å². The van der Waals surface area contributed by atoms with Crippen LogP contribution in [-0.2, 0) is 6.18 Å². The summed E-state index contributed by atoms with van der Waals surface area (Å²) in [7, 11) is 0. The molecule has 0 saturated carbocycles. The third-order valence-electron chi connectivity index (χ3n) is 2.30. The molecule has 0 aliphatic carbocycles. The van der Waals surface area contributed by atoms with Crippen molar-refractivity contribution >= 4 is 5.82 Å². The van der Waals surface area contributed by atoms with Gasteiger partial charge in [0.2, 0.25) is 0 Å². The number of nitrogens with two attached hydrogens (primary N) is 1. The van der Waals surface area contributed by atoms with Crippen molar-refractivity contribution in [3.05, 3.63) is 46.0 Å². The highest BCUT2D eigenvalue weighted by Crippen LogP contribution is 2.36. The molecular formula is C11H7F4N3O. The summed E-state index contributed by atoms with van der Waals surface area (Å²) in [6.07, 6.45) is -4.78. The fourth-order valence-corrected chi connectivity index (χ4v) is 1.56. The minimum atomic E-state index is -4.78. The first-order valence-electron chi connectivity index (χ1n) is 5.01. The largest absolute Gasteiger partial charge is 0.417 e. The van der Waals surface area contributed by atoms with E-state index in [1.165, 1.54) is 0 Å². The number of hydrogen-bond donors (Lipinski definition) is 2. The first-order chi connectivity index (χ1) is 8.77. The van der Waals surface area contributed by atoms with Crippen molar-refractivity contribution in [2.45, 2.75) is 6.18 Å². The van der Waals surface area contributed by atoms with E-state index in [0.717, 1.165) is 18.2 Å². The topological polar surface area (TPSA) is 71.8 Å². The third kappa shape index (κ3) is 2.72. The average molecular weight is 273 g/mol. The maximum Gasteiger partial charge on any atom is 0.417 e. The Balaban J connectivity index is 2.72. The first-order valence-corrected chi connectivity index (χ1v) is 5.01. The van der Waals surface area contributed by atoms with E-state index in [4.69, 9.17) is 5.73 Å². The van der Waals surface area contributed by atoms with Crippen LogP contribution in [0.25, 0.3) is 11.4 Å². The van der Waals surface area contributed by atoms with Crippen LogP contribution >= 0.6 is 0 Å². The number of halogens is 4. The molecule has 0 aliphatic rings. The Morgan fingerprint density at radius 2 is 1.89 bits per heavy atom. The number of H-pyrrole nitrogens is 1. The lowest BCUT2D eigenvalue weighted by atomic mass is 10.1. The summed E-state index contributed by atoms with van der Waals surface area (Å²) in [6, 6.07) is 2.99. The summed E-state index contributed by atoms with van der Waals surface area (Å²) >= 11 is 0. The van der Waals surface area contributed by atoms with Gasteiger partial charge in [-0.1, -0.05) is 0 Å². The Bertz CT molecular complexity index is 678. The molecule has 0 radical (unpaired) electrons. The van der Waals surface area contributed by atoms with Crippen LogP contribution in [0.3, 0.4) is 0 Å². The molecule has 0 aliphatic heterocycles. The lowest BCUT2D eigenvalue weighted by Crippen LogP contribution is -2.13. The molecule has 0 fully saturated rings. The van der Waals surface area contributed by atoms with Crippen molar-refractivity contribution in [2.75, 3.05) is 5.73 Å². The number of nitrogen functional groups attached to an aromatic ring is 1. The van der Waals surface area contributed by atoms with Gasteiger partial charge in [0.05, 0.1) is 5.56 Å². The van der Waals surface area contributed by atoms with Gasteiger partial charge >= 0.3 is 6.18 Å². The molecule has 0 amide bonds. The molecule has 0 bridgehead atoms. The number of nitrogens with zero attached hydrogens (tertiary/aromatic N) is 1. The lowest BCUT2D eigenvalue weighted by molar-refractivity contribution is -0.137. The quantitative estimate of drug-likeness (QED) is 0.782. The minimum Gasteiger partial charge on any atom is -0.383 e. The van der Waals surface area contributed by atoms with Crippen molar-refractivity contribution in [3.63, 3.8) is 0 Å². The average Bonchev–Trinajstić information content (AvgIpc) is 2.26. The summed E-state index contributed by atoms with van der Waals surface area (Å²) in [4.78, 5) is 16.9. The normalized spacial score (nSPS) is 11.6. The van der Waals surface area contributed by atoms with Crippen LogP contribution in [0.1, 0.15) is 5.56 Å². The molecule has 0 unspecified atom stereocenters. The van der Waals surface area contributed by atoms with E-state index < -0.39 is 28.7 Å². The van der Waals surface area contributed by atoms with Gasteiger partial charge in [0.1, 0.15) is 17.5 Å². The number of aromatic amines is 1. The molecule has 4 nitrogen and oxygen atoms in total. The van der Waals surface area contributed by atoms with Gasteiger partial charge in [0.25, 0.3) is 5.56 Å². The Hall–Kier alpha value is -2.38. The minimum absolute atomic E-state index is 0.226. The summed E-state index contributed by atoms with van der Waals surface area (Å²) in [5.74, 6) is -1.63. The van der Waals surface area contributed by atoms with Gasteiger partial charge in [-0.15, -0.1) is 0 Å². The predicted molar refractivity (Wildman–Crippen MR) is 59.7 cm³/mol. The number of benzene rings is 1. The van der Waals surface area contributed by atoms with Crippen molar-refractivity contribution in [2.24, 2.45) is 0 Å². The molecule has 2 rings (SSSR count). The number of rotatable bonds is 1. The Kier molecular flexibility index (Phi) is 3.01.